The largest absolute Gasteiger partial charge is 0.465 e. The summed E-state index contributed by atoms with van der Waals surface area (Å²) in [4.78, 5) is 27.1. The van der Waals surface area contributed by atoms with Crippen molar-refractivity contribution in [3.05, 3.63) is 33.5 Å². The van der Waals surface area contributed by atoms with Crippen LogP contribution in [0.1, 0.15) is 40.6 Å². The summed E-state index contributed by atoms with van der Waals surface area (Å²) in [5.41, 5.74) is 1.54. The molecule has 0 saturated carbocycles. The van der Waals surface area contributed by atoms with Crippen LogP contribution in [-0.4, -0.2) is 39.5 Å². The van der Waals surface area contributed by atoms with Gasteiger partial charge in [0, 0.05) is 11.4 Å². The van der Waals surface area contributed by atoms with E-state index >= 15 is 0 Å². The quantitative estimate of drug-likeness (QED) is 0.392. The van der Waals surface area contributed by atoms with Crippen LogP contribution in [0.25, 0.3) is 10.7 Å². The Hall–Kier alpha value is -2.17. The maximum absolute atomic E-state index is 12.6. The maximum Gasteiger partial charge on any atom is 0.341 e. The van der Waals surface area contributed by atoms with Gasteiger partial charge in [-0.05, 0) is 42.7 Å². The van der Waals surface area contributed by atoms with Gasteiger partial charge < -0.3 is 14.6 Å². The number of nitrogens with zero attached hydrogens (tertiary/aromatic N) is 3. The molecule has 30 heavy (non-hydrogen) atoms. The van der Waals surface area contributed by atoms with Crippen LogP contribution in [0.2, 0.25) is 0 Å². The smallest absolute Gasteiger partial charge is 0.341 e. The molecule has 1 aliphatic carbocycles. The summed E-state index contributed by atoms with van der Waals surface area (Å²) >= 11 is 4.45. The van der Waals surface area contributed by atoms with Gasteiger partial charge in [-0.1, -0.05) is 24.8 Å². The van der Waals surface area contributed by atoms with Gasteiger partial charge in [-0.2, -0.15) is 0 Å². The number of fused-ring (bicyclic) bond motifs is 1. The Morgan fingerprint density at radius 1 is 1.33 bits per heavy atom. The van der Waals surface area contributed by atoms with Crippen molar-refractivity contribution in [2.24, 2.45) is 0 Å². The number of ether oxygens (including phenoxy) is 1. The molecule has 0 bridgehead atoms. The lowest BCUT2D eigenvalue weighted by Gasteiger charge is -2.09. The zero-order valence-corrected chi connectivity index (χ0v) is 19.2. The highest BCUT2D eigenvalue weighted by molar-refractivity contribution is 7.99. The second kappa shape index (κ2) is 9.32. The lowest BCUT2D eigenvalue weighted by molar-refractivity contribution is -0.113. The molecule has 0 aliphatic heterocycles. The van der Waals surface area contributed by atoms with Crippen LogP contribution in [0, 0.1) is 0 Å². The van der Waals surface area contributed by atoms with Crippen molar-refractivity contribution in [1.82, 2.24) is 14.8 Å². The summed E-state index contributed by atoms with van der Waals surface area (Å²) in [6, 6.07) is 4.01. The molecule has 1 amide bonds. The van der Waals surface area contributed by atoms with Crippen LogP contribution in [0.5, 0.6) is 0 Å². The average Bonchev–Trinajstić information content (AvgIpc) is 3.50. The minimum atomic E-state index is -0.388. The number of amides is 1. The van der Waals surface area contributed by atoms with E-state index in [2.05, 4.69) is 27.0 Å². The first-order valence-electron chi connectivity index (χ1n) is 9.75. The molecule has 0 radical (unpaired) electrons. The summed E-state index contributed by atoms with van der Waals surface area (Å²) in [7, 11) is 1.37. The number of thioether (sulfide) groups is 1. The molecular weight excluding hydrogens is 440 g/mol. The molecule has 0 saturated heterocycles. The Morgan fingerprint density at radius 2 is 2.20 bits per heavy atom. The number of aromatic nitrogens is 3. The number of hydrogen-bond donors (Lipinski definition) is 1. The third kappa shape index (κ3) is 4.17. The van der Waals surface area contributed by atoms with Crippen molar-refractivity contribution in [2.45, 2.75) is 44.3 Å². The van der Waals surface area contributed by atoms with Gasteiger partial charge in [0.25, 0.3) is 0 Å². The molecule has 0 spiro atoms. The highest BCUT2D eigenvalue weighted by Gasteiger charge is 2.28. The summed E-state index contributed by atoms with van der Waals surface area (Å²) < 4.78 is 7.00. The van der Waals surface area contributed by atoms with Crippen LogP contribution in [0.15, 0.2) is 22.7 Å². The van der Waals surface area contributed by atoms with E-state index in [1.54, 1.807) is 11.3 Å². The van der Waals surface area contributed by atoms with Crippen LogP contribution >= 0.6 is 34.4 Å². The first-order chi connectivity index (χ1) is 14.6. The number of hydrogen-bond acceptors (Lipinski definition) is 8. The van der Waals surface area contributed by atoms with E-state index in [0.717, 1.165) is 53.6 Å². The van der Waals surface area contributed by atoms with Crippen molar-refractivity contribution in [3.63, 3.8) is 0 Å². The Balaban J connectivity index is 1.47. The van der Waals surface area contributed by atoms with Gasteiger partial charge >= 0.3 is 5.97 Å². The number of rotatable bonds is 8. The van der Waals surface area contributed by atoms with Gasteiger partial charge in [0.15, 0.2) is 11.0 Å². The second-order valence-corrected chi connectivity index (χ2v) is 9.82. The highest BCUT2D eigenvalue weighted by Crippen LogP contribution is 2.39. The first kappa shape index (κ1) is 21.1. The fourth-order valence-corrected chi connectivity index (χ4v) is 6.29. The molecule has 3 aromatic rings. The van der Waals surface area contributed by atoms with Crippen molar-refractivity contribution in [2.75, 3.05) is 18.2 Å². The molecule has 0 aromatic carbocycles. The third-order valence-corrected chi connectivity index (χ3v) is 7.84. The molecule has 3 aromatic heterocycles. The molecule has 0 unspecified atom stereocenters. The standard InChI is InChI=1S/C20H22N4O3S3/c1-3-9-24-17(14-8-5-10-28-14)22-23-20(24)29-11-15(25)21-18-16(19(26)27-2)12-6-4-7-13(12)30-18/h5,8,10H,3-4,6-7,9,11H2,1-2H3,(H,21,25). The zero-order chi connectivity index (χ0) is 21.1. The van der Waals surface area contributed by atoms with E-state index in [1.165, 1.54) is 35.1 Å². The van der Waals surface area contributed by atoms with Gasteiger partial charge in [-0.15, -0.1) is 32.9 Å². The summed E-state index contributed by atoms with van der Waals surface area (Å²) in [5.74, 6) is 0.460. The van der Waals surface area contributed by atoms with Crippen molar-refractivity contribution >= 4 is 51.3 Å². The van der Waals surface area contributed by atoms with Gasteiger partial charge in [0.05, 0.1) is 23.3 Å². The molecule has 10 heteroatoms. The normalized spacial score (nSPS) is 12.7. The molecule has 4 rings (SSSR count). The number of methoxy groups -OCH3 is 1. The molecule has 1 N–H and O–H groups in total. The molecule has 1 aliphatic rings. The number of aryl methyl sites for hydroxylation is 1. The molecule has 0 atom stereocenters. The number of esters is 1. The summed E-state index contributed by atoms with van der Waals surface area (Å²) in [5, 5.41) is 14.9. The predicted molar refractivity (Wildman–Crippen MR) is 121 cm³/mol. The molecule has 3 heterocycles. The number of nitrogens with one attached hydrogen (secondary N) is 1. The maximum atomic E-state index is 12.6. The minimum Gasteiger partial charge on any atom is -0.465 e. The van der Waals surface area contributed by atoms with E-state index in [9.17, 15) is 9.59 Å². The van der Waals surface area contributed by atoms with E-state index < -0.39 is 0 Å². The number of anilines is 1. The van der Waals surface area contributed by atoms with Crippen LogP contribution < -0.4 is 5.32 Å². The third-order valence-electron chi connectivity index (χ3n) is 4.80. The fraction of sp³-hybridized carbons (Fsp3) is 0.400. The number of carbonyl (C=O) groups excluding carboxylic acids is 2. The van der Waals surface area contributed by atoms with E-state index in [-0.39, 0.29) is 17.6 Å². The van der Waals surface area contributed by atoms with Crippen molar-refractivity contribution < 1.29 is 14.3 Å². The first-order valence-corrected chi connectivity index (χ1v) is 12.4. The molecule has 0 fully saturated rings. The summed E-state index contributed by atoms with van der Waals surface area (Å²) in [6.45, 7) is 2.89. The van der Waals surface area contributed by atoms with Crippen molar-refractivity contribution in [1.29, 1.82) is 0 Å². The molecular formula is C20H22N4O3S3. The van der Waals surface area contributed by atoms with Gasteiger partial charge in [0.2, 0.25) is 5.91 Å². The predicted octanol–water partition coefficient (Wildman–Crippen LogP) is 4.48. The van der Waals surface area contributed by atoms with Gasteiger partial charge in [-0.3, -0.25) is 4.79 Å². The topological polar surface area (TPSA) is 86.1 Å². The van der Waals surface area contributed by atoms with E-state index in [1.807, 2.05) is 17.5 Å². The zero-order valence-electron chi connectivity index (χ0n) is 16.8. The molecule has 158 valence electrons. The van der Waals surface area contributed by atoms with Crippen LogP contribution in [0.4, 0.5) is 5.00 Å². The van der Waals surface area contributed by atoms with Gasteiger partial charge in [0.1, 0.15) is 5.00 Å². The Labute approximate surface area is 186 Å². The Bertz CT molecular complexity index is 1060. The average molecular weight is 463 g/mol. The van der Waals surface area contributed by atoms with Crippen LogP contribution in [0.3, 0.4) is 0 Å². The Kier molecular flexibility index (Phi) is 6.55. The SMILES string of the molecule is CCCn1c(SCC(=O)Nc2sc3c(c2C(=O)OC)CCC3)nnc1-c1cccs1. The highest BCUT2D eigenvalue weighted by atomic mass is 32.2. The minimum absolute atomic E-state index is 0.172. The van der Waals surface area contributed by atoms with Gasteiger partial charge in [-0.25, -0.2) is 4.79 Å². The van der Waals surface area contributed by atoms with E-state index in [0.29, 0.717) is 10.6 Å². The number of carbonyl (C=O) groups is 2. The number of thiophene rings is 2. The second-order valence-electron chi connectivity index (χ2n) is 6.83. The van der Waals surface area contributed by atoms with Crippen LogP contribution in [-0.2, 0) is 28.9 Å². The molecule has 7 nitrogen and oxygen atoms in total. The fourth-order valence-electron chi connectivity index (χ4n) is 3.51. The van der Waals surface area contributed by atoms with E-state index in [4.69, 9.17) is 4.74 Å². The van der Waals surface area contributed by atoms with Crippen molar-refractivity contribution in [3.8, 4) is 10.7 Å². The lowest BCUT2D eigenvalue weighted by atomic mass is 10.1. The summed E-state index contributed by atoms with van der Waals surface area (Å²) in [6.07, 6.45) is 3.78. The lowest BCUT2D eigenvalue weighted by Crippen LogP contribution is -2.16. The monoisotopic (exact) mass is 462 g/mol. The Morgan fingerprint density at radius 3 is 2.93 bits per heavy atom.